The van der Waals surface area contributed by atoms with Crippen molar-refractivity contribution < 1.29 is 28.3 Å². The van der Waals surface area contributed by atoms with Crippen LogP contribution in [-0.2, 0) is 11.3 Å². The van der Waals surface area contributed by atoms with Gasteiger partial charge in [-0.25, -0.2) is 9.78 Å². The van der Waals surface area contributed by atoms with Crippen LogP contribution in [0.25, 0.3) is 11.1 Å². The fraction of sp³-hybridized carbons (Fsp3) is 0.278. The van der Waals surface area contributed by atoms with Gasteiger partial charge in [0.05, 0.1) is 27.4 Å². The van der Waals surface area contributed by atoms with Crippen LogP contribution in [0.15, 0.2) is 33.8 Å². The van der Waals surface area contributed by atoms with Gasteiger partial charge in [-0.1, -0.05) is 5.16 Å². The van der Waals surface area contributed by atoms with Crippen molar-refractivity contribution >= 4 is 22.9 Å². The van der Waals surface area contributed by atoms with Crippen LogP contribution in [0.5, 0.6) is 11.5 Å². The number of hydrogen-bond donors (Lipinski definition) is 0. The molecule has 2 heterocycles. The summed E-state index contributed by atoms with van der Waals surface area (Å²) in [4.78, 5) is 41.2. The maximum atomic E-state index is 12.7. The molecule has 146 valence electrons. The third-order valence-corrected chi connectivity index (χ3v) is 3.95. The number of hydrogen-bond acceptors (Lipinski definition) is 9. The van der Waals surface area contributed by atoms with Crippen LogP contribution < -0.4 is 15.0 Å². The van der Waals surface area contributed by atoms with Crippen molar-refractivity contribution in [3.8, 4) is 11.5 Å². The SMILES string of the molecule is CCOC(=O)c1noc2ncn(CC(=O)c3ccc(OC)c(OC)c3)c(=O)c12. The second-order valence-corrected chi connectivity index (χ2v) is 5.60. The molecule has 28 heavy (non-hydrogen) atoms. The molecule has 0 saturated carbocycles. The normalized spacial score (nSPS) is 10.7. The summed E-state index contributed by atoms with van der Waals surface area (Å²) in [7, 11) is 2.94. The first kappa shape index (κ1) is 19.1. The van der Waals surface area contributed by atoms with Crippen LogP contribution >= 0.6 is 0 Å². The van der Waals surface area contributed by atoms with E-state index in [1.165, 1.54) is 20.3 Å². The van der Waals surface area contributed by atoms with Crippen molar-refractivity contribution in [2.45, 2.75) is 13.5 Å². The number of carbonyl (C=O) groups is 2. The van der Waals surface area contributed by atoms with E-state index in [9.17, 15) is 14.4 Å². The first-order chi connectivity index (χ1) is 13.5. The molecule has 0 aliphatic carbocycles. The van der Waals surface area contributed by atoms with Gasteiger partial charge in [0.25, 0.3) is 11.3 Å². The molecule has 0 amide bonds. The molecule has 3 aromatic rings. The highest BCUT2D eigenvalue weighted by Crippen LogP contribution is 2.27. The lowest BCUT2D eigenvalue weighted by atomic mass is 10.1. The van der Waals surface area contributed by atoms with Crippen LogP contribution in [-0.4, -0.2) is 47.3 Å². The highest BCUT2D eigenvalue weighted by molar-refractivity contribution is 6.00. The van der Waals surface area contributed by atoms with Gasteiger partial charge in [-0.2, -0.15) is 0 Å². The van der Waals surface area contributed by atoms with Crippen molar-refractivity contribution in [3.63, 3.8) is 0 Å². The largest absolute Gasteiger partial charge is 0.493 e. The molecule has 0 N–H and O–H groups in total. The maximum absolute atomic E-state index is 12.7. The van der Waals surface area contributed by atoms with Gasteiger partial charge in [0.1, 0.15) is 11.7 Å². The molecule has 0 atom stereocenters. The number of Topliss-reactive ketones (excluding diaryl/α,β-unsaturated/α-hetero) is 1. The zero-order chi connectivity index (χ0) is 20.3. The lowest BCUT2D eigenvalue weighted by Crippen LogP contribution is -2.25. The van der Waals surface area contributed by atoms with E-state index >= 15 is 0 Å². The van der Waals surface area contributed by atoms with E-state index in [1.807, 2.05) is 0 Å². The predicted octanol–water partition coefficient (Wildman–Crippen LogP) is 1.46. The Balaban J connectivity index is 1.95. The fourth-order valence-electron chi connectivity index (χ4n) is 2.59. The summed E-state index contributed by atoms with van der Waals surface area (Å²) in [6.45, 7) is 1.43. The number of rotatable bonds is 7. The van der Waals surface area contributed by atoms with Crippen LogP contribution in [0.2, 0.25) is 0 Å². The van der Waals surface area contributed by atoms with Gasteiger partial charge < -0.3 is 18.7 Å². The molecule has 10 nitrogen and oxygen atoms in total. The first-order valence-electron chi connectivity index (χ1n) is 8.27. The Hall–Kier alpha value is -3.69. The van der Waals surface area contributed by atoms with Crippen molar-refractivity contribution in [3.05, 3.63) is 46.1 Å². The summed E-state index contributed by atoms with van der Waals surface area (Å²) in [5, 5.41) is 3.42. The smallest absolute Gasteiger partial charge is 0.361 e. The van der Waals surface area contributed by atoms with Crippen molar-refractivity contribution in [1.29, 1.82) is 0 Å². The van der Waals surface area contributed by atoms with E-state index in [2.05, 4.69) is 10.1 Å². The number of esters is 1. The lowest BCUT2D eigenvalue weighted by Gasteiger charge is -2.09. The highest BCUT2D eigenvalue weighted by atomic mass is 16.5. The number of ketones is 1. The Morgan fingerprint density at radius 3 is 2.61 bits per heavy atom. The Bertz CT molecular complexity index is 1100. The summed E-state index contributed by atoms with van der Waals surface area (Å²) in [6, 6.07) is 4.67. The Kier molecular flexibility index (Phi) is 5.39. The summed E-state index contributed by atoms with van der Waals surface area (Å²) < 4.78 is 21.2. The van der Waals surface area contributed by atoms with Gasteiger partial charge in [0.15, 0.2) is 17.3 Å². The van der Waals surface area contributed by atoms with Crippen molar-refractivity contribution in [2.75, 3.05) is 20.8 Å². The molecular formula is C18H17N3O7. The summed E-state index contributed by atoms with van der Waals surface area (Å²) >= 11 is 0. The summed E-state index contributed by atoms with van der Waals surface area (Å²) in [6.07, 6.45) is 1.16. The minimum absolute atomic E-state index is 0.108. The van der Waals surface area contributed by atoms with Crippen molar-refractivity contribution in [2.24, 2.45) is 0 Å². The minimum atomic E-state index is -0.802. The average molecular weight is 387 g/mol. The van der Waals surface area contributed by atoms with E-state index in [1.54, 1.807) is 19.1 Å². The molecule has 0 saturated heterocycles. The van der Waals surface area contributed by atoms with E-state index in [-0.39, 0.29) is 35.7 Å². The molecule has 0 spiro atoms. The summed E-state index contributed by atoms with van der Waals surface area (Å²) in [5.74, 6) is -0.303. The second kappa shape index (κ2) is 7.91. The van der Waals surface area contributed by atoms with E-state index in [4.69, 9.17) is 18.7 Å². The highest BCUT2D eigenvalue weighted by Gasteiger charge is 2.23. The summed E-state index contributed by atoms with van der Waals surface area (Å²) in [5.41, 5.74) is -0.700. The van der Waals surface area contributed by atoms with Crippen LogP contribution in [0, 0.1) is 0 Å². The van der Waals surface area contributed by atoms with Crippen LogP contribution in [0.1, 0.15) is 27.8 Å². The molecule has 2 aromatic heterocycles. The molecule has 0 fully saturated rings. The molecule has 3 rings (SSSR count). The Labute approximate surface area is 158 Å². The second-order valence-electron chi connectivity index (χ2n) is 5.60. The predicted molar refractivity (Wildman–Crippen MR) is 95.9 cm³/mol. The number of aromatic nitrogens is 3. The zero-order valence-electron chi connectivity index (χ0n) is 15.4. The molecule has 0 bridgehead atoms. The molecule has 0 radical (unpaired) electrons. The molecule has 10 heteroatoms. The van der Waals surface area contributed by atoms with E-state index < -0.39 is 11.5 Å². The molecule has 0 unspecified atom stereocenters. The number of nitrogens with zero attached hydrogens (tertiary/aromatic N) is 3. The van der Waals surface area contributed by atoms with Gasteiger partial charge in [-0.05, 0) is 25.1 Å². The van der Waals surface area contributed by atoms with Crippen molar-refractivity contribution in [1.82, 2.24) is 14.7 Å². The third-order valence-electron chi connectivity index (χ3n) is 3.95. The number of carbonyl (C=O) groups excluding carboxylic acids is 2. The molecule has 0 aliphatic heterocycles. The standard InChI is InChI=1S/C18H17N3O7/c1-4-27-18(24)15-14-16(28-20-15)19-9-21(17(14)23)8-11(22)10-5-6-12(25-2)13(7-10)26-3/h5-7,9H,4,8H2,1-3H3. The number of methoxy groups -OCH3 is 2. The van der Waals surface area contributed by atoms with Gasteiger partial charge in [-0.15, -0.1) is 0 Å². The lowest BCUT2D eigenvalue weighted by molar-refractivity contribution is 0.0516. The monoisotopic (exact) mass is 387 g/mol. The Morgan fingerprint density at radius 1 is 1.18 bits per heavy atom. The van der Waals surface area contributed by atoms with Crippen LogP contribution in [0.4, 0.5) is 0 Å². The number of benzene rings is 1. The zero-order valence-corrected chi connectivity index (χ0v) is 15.4. The van der Waals surface area contributed by atoms with Crippen LogP contribution in [0.3, 0.4) is 0 Å². The number of ether oxygens (including phenoxy) is 3. The molecule has 0 aliphatic rings. The van der Waals surface area contributed by atoms with Gasteiger partial charge in [0.2, 0.25) is 5.69 Å². The Morgan fingerprint density at radius 2 is 1.93 bits per heavy atom. The fourth-order valence-corrected chi connectivity index (χ4v) is 2.59. The molecular weight excluding hydrogens is 370 g/mol. The number of fused-ring (bicyclic) bond motifs is 1. The van der Waals surface area contributed by atoms with Gasteiger partial charge in [0, 0.05) is 5.56 Å². The quantitative estimate of drug-likeness (QED) is 0.438. The average Bonchev–Trinajstić information content (AvgIpc) is 3.14. The molecule has 1 aromatic carbocycles. The van der Waals surface area contributed by atoms with E-state index in [0.717, 1.165) is 10.9 Å². The maximum Gasteiger partial charge on any atom is 0.361 e. The first-order valence-corrected chi connectivity index (χ1v) is 8.27. The minimum Gasteiger partial charge on any atom is -0.493 e. The third kappa shape index (κ3) is 3.43. The van der Waals surface area contributed by atoms with Gasteiger partial charge >= 0.3 is 5.97 Å². The van der Waals surface area contributed by atoms with E-state index in [0.29, 0.717) is 17.1 Å². The topological polar surface area (TPSA) is 123 Å². The van der Waals surface area contributed by atoms with Gasteiger partial charge in [-0.3, -0.25) is 14.2 Å².